The molecule has 0 aliphatic carbocycles. The summed E-state index contributed by atoms with van der Waals surface area (Å²) in [7, 11) is 8.16. The molecule has 1 aliphatic heterocycles. The van der Waals surface area contributed by atoms with Crippen molar-refractivity contribution in [3.63, 3.8) is 0 Å². The maximum absolute atomic E-state index is 9.25. The first kappa shape index (κ1) is 9.99. The smallest absolute Gasteiger partial charge is 0.363 e. The maximum Gasteiger partial charge on any atom is 0.730 e. The van der Waals surface area contributed by atoms with Crippen LogP contribution >= 0.6 is 0 Å². The molecule has 0 unspecified atom stereocenters. The number of hydrogen-bond acceptors (Lipinski definition) is 2. The third kappa shape index (κ3) is 1.50. The highest BCUT2D eigenvalue weighted by Gasteiger charge is 2.64. The second kappa shape index (κ2) is 2.70. The van der Waals surface area contributed by atoms with Crippen molar-refractivity contribution in [1.29, 1.82) is 0 Å². The lowest BCUT2D eigenvalue weighted by molar-refractivity contribution is -0.838. The Bertz CT molecular complexity index is 166. The highest BCUT2D eigenvalue weighted by molar-refractivity contribution is 6.43. The largest absolute Gasteiger partial charge is 0.730 e. The van der Waals surface area contributed by atoms with E-state index in [0.717, 1.165) is 13.1 Å². The molecule has 1 saturated heterocycles. The van der Waals surface area contributed by atoms with Crippen LogP contribution in [0, 0.1) is 0 Å². The molecule has 1 aliphatic rings. The van der Waals surface area contributed by atoms with Crippen LogP contribution in [0.2, 0.25) is 0 Å². The number of aliphatic hydroxyl groups is 2. The standard InChI is InChI=1S/C7H19BN2O2/c1-9(2)5-6-10(3,4)8(9)7(11)12/h7,11-12H,5-6H2,1-4H3/q+2. The Hall–Kier alpha value is -0.0951. The van der Waals surface area contributed by atoms with Crippen molar-refractivity contribution in [1.82, 2.24) is 0 Å². The molecule has 1 rings (SSSR count). The Labute approximate surface area is 74.3 Å². The van der Waals surface area contributed by atoms with Gasteiger partial charge in [-0.05, 0) is 0 Å². The maximum atomic E-state index is 9.25. The molecule has 12 heavy (non-hydrogen) atoms. The number of hydrogen-bond donors (Lipinski definition) is 2. The predicted molar refractivity (Wildman–Crippen MR) is 47.9 cm³/mol. The summed E-state index contributed by atoms with van der Waals surface area (Å²) < 4.78 is 1.37. The number of likely N-dealkylation sites (N-methyl/N-ethyl adjacent to an activating group) is 2. The van der Waals surface area contributed by atoms with E-state index in [-0.39, 0.29) is 6.98 Å². The van der Waals surface area contributed by atoms with E-state index in [4.69, 9.17) is 0 Å². The van der Waals surface area contributed by atoms with Gasteiger partial charge in [-0.3, -0.25) is 0 Å². The van der Waals surface area contributed by atoms with Gasteiger partial charge in [0.05, 0.1) is 28.2 Å². The lowest BCUT2D eigenvalue weighted by Crippen LogP contribution is -2.65. The topological polar surface area (TPSA) is 40.5 Å². The van der Waals surface area contributed by atoms with Crippen LogP contribution in [0.3, 0.4) is 0 Å². The summed E-state index contributed by atoms with van der Waals surface area (Å²) in [4.78, 5) is 0. The van der Waals surface area contributed by atoms with E-state index >= 15 is 0 Å². The summed E-state index contributed by atoms with van der Waals surface area (Å²) in [5.74, 6) is 0. The Kier molecular flexibility index (Phi) is 2.25. The average Bonchev–Trinajstić information content (AvgIpc) is 2.01. The number of rotatable bonds is 1. The fraction of sp³-hybridized carbons (Fsp3) is 1.00. The van der Waals surface area contributed by atoms with Crippen molar-refractivity contribution >= 4 is 6.98 Å². The van der Waals surface area contributed by atoms with Gasteiger partial charge in [-0.2, -0.15) is 0 Å². The molecule has 0 saturated carbocycles. The highest BCUT2D eigenvalue weighted by atomic mass is 16.5. The van der Waals surface area contributed by atoms with Crippen LogP contribution in [0.5, 0.6) is 0 Å². The molecule has 0 aromatic heterocycles. The van der Waals surface area contributed by atoms with Gasteiger partial charge < -0.3 is 19.0 Å². The SMILES string of the molecule is C[N+]1(C)CC[N+](C)(C)B1C(O)O. The Morgan fingerprint density at radius 2 is 1.33 bits per heavy atom. The van der Waals surface area contributed by atoms with Gasteiger partial charge in [-0.1, -0.05) is 0 Å². The van der Waals surface area contributed by atoms with E-state index < -0.39 is 6.19 Å². The summed E-state index contributed by atoms with van der Waals surface area (Å²) in [6.45, 7) is 1.87. The van der Waals surface area contributed by atoms with E-state index in [1.54, 1.807) is 0 Å². The van der Waals surface area contributed by atoms with Crippen LogP contribution < -0.4 is 0 Å². The summed E-state index contributed by atoms with van der Waals surface area (Å²) in [6, 6.07) is 0. The van der Waals surface area contributed by atoms with Crippen molar-refractivity contribution in [2.45, 2.75) is 6.19 Å². The minimum atomic E-state index is -1.22. The minimum Gasteiger partial charge on any atom is -0.363 e. The van der Waals surface area contributed by atoms with Crippen molar-refractivity contribution in [3.8, 4) is 0 Å². The molecule has 4 nitrogen and oxygen atoms in total. The Morgan fingerprint density at radius 3 is 1.50 bits per heavy atom. The summed E-state index contributed by atoms with van der Waals surface area (Å²) >= 11 is 0. The van der Waals surface area contributed by atoms with Gasteiger partial charge in [0.25, 0.3) is 6.19 Å². The van der Waals surface area contributed by atoms with Gasteiger partial charge in [0.15, 0.2) is 0 Å². The van der Waals surface area contributed by atoms with Crippen LogP contribution in [0.1, 0.15) is 0 Å². The fourth-order valence-electron chi connectivity index (χ4n) is 2.35. The normalized spacial score (nSPS) is 26.8. The lowest BCUT2D eigenvalue weighted by atomic mass is 9.68. The van der Waals surface area contributed by atoms with Crippen molar-refractivity contribution < 1.29 is 19.0 Å². The molecule has 2 N–H and O–H groups in total. The fourth-order valence-corrected chi connectivity index (χ4v) is 2.35. The van der Waals surface area contributed by atoms with Crippen molar-refractivity contribution in [2.24, 2.45) is 0 Å². The summed E-state index contributed by atoms with van der Waals surface area (Å²) in [6.07, 6.45) is -1.22. The molecule has 0 amide bonds. The number of nitrogens with zero attached hydrogens (tertiary/aromatic N) is 2. The van der Waals surface area contributed by atoms with E-state index in [0.29, 0.717) is 8.79 Å². The lowest BCUT2D eigenvalue weighted by Gasteiger charge is -2.31. The van der Waals surface area contributed by atoms with E-state index in [2.05, 4.69) is 0 Å². The van der Waals surface area contributed by atoms with Crippen LogP contribution in [0.15, 0.2) is 0 Å². The zero-order valence-corrected chi connectivity index (χ0v) is 8.36. The van der Waals surface area contributed by atoms with Gasteiger partial charge in [-0.25, -0.2) is 0 Å². The van der Waals surface area contributed by atoms with Gasteiger partial charge in [0.2, 0.25) is 0 Å². The molecular weight excluding hydrogens is 155 g/mol. The van der Waals surface area contributed by atoms with Crippen LogP contribution in [0.4, 0.5) is 0 Å². The minimum absolute atomic E-state index is 0.120. The summed E-state index contributed by atoms with van der Waals surface area (Å²) in [5, 5.41) is 18.5. The molecule has 0 aromatic rings. The van der Waals surface area contributed by atoms with E-state index in [1.165, 1.54) is 0 Å². The molecule has 1 heterocycles. The van der Waals surface area contributed by atoms with Gasteiger partial charge in [0, 0.05) is 0 Å². The zero-order chi connectivity index (χ0) is 9.57. The molecule has 0 spiro atoms. The number of quaternary nitrogens is 2. The van der Waals surface area contributed by atoms with Crippen LogP contribution in [0.25, 0.3) is 0 Å². The van der Waals surface area contributed by atoms with Crippen molar-refractivity contribution in [2.75, 3.05) is 41.3 Å². The van der Waals surface area contributed by atoms with Gasteiger partial charge >= 0.3 is 6.98 Å². The first-order valence-corrected chi connectivity index (χ1v) is 4.29. The molecule has 0 aromatic carbocycles. The molecule has 70 valence electrons. The van der Waals surface area contributed by atoms with E-state index in [1.807, 2.05) is 28.2 Å². The zero-order valence-electron chi connectivity index (χ0n) is 8.36. The summed E-state index contributed by atoms with van der Waals surface area (Å²) in [5.41, 5.74) is 0. The second-order valence-electron chi connectivity index (χ2n) is 4.83. The first-order chi connectivity index (χ1) is 5.27. The quantitative estimate of drug-likeness (QED) is 0.375. The second-order valence-corrected chi connectivity index (χ2v) is 4.83. The monoisotopic (exact) mass is 174 g/mol. The van der Waals surface area contributed by atoms with Gasteiger partial charge in [-0.15, -0.1) is 0 Å². The highest BCUT2D eigenvalue weighted by Crippen LogP contribution is 2.22. The molecule has 0 bridgehead atoms. The van der Waals surface area contributed by atoms with Crippen LogP contribution in [-0.2, 0) is 0 Å². The van der Waals surface area contributed by atoms with Crippen molar-refractivity contribution in [3.05, 3.63) is 0 Å². The molecule has 1 fully saturated rings. The Balaban J connectivity index is 2.89. The molecule has 0 radical (unpaired) electrons. The van der Waals surface area contributed by atoms with Crippen LogP contribution in [-0.4, -0.2) is 73.5 Å². The first-order valence-electron chi connectivity index (χ1n) is 4.29. The average molecular weight is 174 g/mol. The molecule has 0 atom stereocenters. The predicted octanol–water partition coefficient (Wildman–Crippen LogP) is -1.51. The third-order valence-electron chi connectivity index (χ3n) is 2.95. The molecule has 5 heteroatoms. The molecular formula is C7H19BN2O2+2. The van der Waals surface area contributed by atoms with Gasteiger partial charge in [0.1, 0.15) is 13.1 Å². The van der Waals surface area contributed by atoms with E-state index in [9.17, 15) is 10.2 Å². The number of aliphatic hydroxyl groups excluding tert-OH is 1. The third-order valence-corrected chi connectivity index (χ3v) is 2.95. The Morgan fingerprint density at radius 1 is 1.00 bits per heavy atom.